The van der Waals surface area contributed by atoms with Gasteiger partial charge in [0.05, 0.1) is 6.04 Å². The summed E-state index contributed by atoms with van der Waals surface area (Å²) in [6.07, 6.45) is -0.797. The van der Waals surface area contributed by atoms with Gasteiger partial charge in [-0.15, -0.1) is 0 Å². The maximum absolute atomic E-state index is 12.5. The van der Waals surface area contributed by atoms with Crippen LogP contribution in [0.15, 0.2) is 0 Å². The van der Waals surface area contributed by atoms with Crippen molar-refractivity contribution in [2.24, 2.45) is 0 Å². The minimum Gasteiger partial charge on any atom is -0.724 e. The molecule has 0 N–H and O–H groups in total. The van der Waals surface area contributed by atoms with E-state index in [0.29, 0.717) is 4.90 Å². The van der Waals surface area contributed by atoms with Crippen molar-refractivity contribution in [2.75, 3.05) is 6.54 Å². The molecule has 2 bridgehead atoms. The second-order valence-corrected chi connectivity index (χ2v) is 7.48. The van der Waals surface area contributed by atoms with Gasteiger partial charge in [-0.3, -0.25) is 0 Å². The second kappa shape index (κ2) is 6.07. The van der Waals surface area contributed by atoms with E-state index in [1.807, 2.05) is 0 Å². The number of carbonyl (C=O) groups excluding carboxylic acids is 1. The van der Waals surface area contributed by atoms with E-state index in [2.05, 4.69) is 4.28 Å². The number of urea groups is 1. The van der Waals surface area contributed by atoms with Crippen molar-refractivity contribution >= 4 is 26.3 Å². The molecular formula is C7H8F3N2NaO7S2. The van der Waals surface area contributed by atoms with Gasteiger partial charge in [0.15, 0.2) is 0 Å². The van der Waals surface area contributed by atoms with Gasteiger partial charge < -0.3 is 9.45 Å². The number of hydrogen-bond acceptors (Lipinski definition) is 7. The molecule has 2 rings (SSSR count). The maximum Gasteiger partial charge on any atom is 1.00 e. The summed E-state index contributed by atoms with van der Waals surface area (Å²) in [5.41, 5.74) is -5.55. The topological polar surface area (TPSA) is 124 Å². The van der Waals surface area contributed by atoms with Crippen LogP contribution in [-0.2, 0) is 24.5 Å². The molecule has 2 aliphatic rings. The second-order valence-electron chi connectivity index (χ2n) is 4.42. The van der Waals surface area contributed by atoms with Crippen molar-refractivity contribution in [1.82, 2.24) is 9.96 Å². The molecule has 15 heteroatoms. The van der Waals surface area contributed by atoms with Gasteiger partial charge in [-0.25, -0.2) is 21.6 Å². The van der Waals surface area contributed by atoms with Crippen LogP contribution in [0, 0.1) is 0 Å². The van der Waals surface area contributed by atoms with E-state index >= 15 is 0 Å². The molecule has 0 radical (unpaired) electrons. The zero-order valence-electron chi connectivity index (χ0n) is 11.0. The van der Waals surface area contributed by atoms with Crippen molar-refractivity contribution in [1.29, 1.82) is 0 Å². The average molecular weight is 376 g/mol. The fraction of sp³-hybridized carbons (Fsp3) is 0.857. The van der Waals surface area contributed by atoms with Crippen molar-refractivity contribution < 1.29 is 73.2 Å². The van der Waals surface area contributed by atoms with Crippen LogP contribution in [0.3, 0.4) is 0 Å². The van der Waals surface area contributed by atoms with Crippen molar-refractivity contribution in [3.8, 4) is 0 Å². The molecule has 0 aromatic carbocycles. The third-order valence-corrected chi connectivity index (χ3v) is 5.32. The number of hydrogen-bond donors (Lipinski definition) is 0. The van der Waals surface area contributed by atoms with Gasteiger partial charge >= 0.3 is 41.1 Å². The van der Waals surface area contributed by atoms with Crippen LogP contribution in [0.4, 0.5) is 18.0 Å². The molecule has 2 aliphatic heterocycles. The Balaban J connectivity index is 0.00000242. The first-order valence-electron chi connectivity index (χ1n) is 5.40. The predicted octanol–water partition coefficient (Wildman–Crippen LogP) is -3.46. The van der Waals surface area contributed by atoms with E-state index in [1.165, 1.54) is 0 Å². The molecule has 0 spiro atoms. The molecule has 2 heterocycles. The van der Waals surface area contributed by atoms with Crippen molar-refractivity contribution in [2.45, 2.75) is 29.8 Å². The quantitative estimate of drug-likeness (QED) is 0.285. The van der Waals surface area contributed by atoms with Gasteiger partial charge in [0.2, 0.25) is 10.4 Å². The Morgan fingerprint density at radius 2 is 1.73 bits per heavy atom. The third kappa shape index (κ3) is 3.52. The Hall–Kier alpha value is -0.120. The summed E-state index contributed by atoms with van der Waals surface area (Å²) in [4.78, 5) is 12.1. The zero-order valence-corrected chi connectivity index (χ0v) is 14.6. The van der Waals surface area contributed by atoms with E-state index in [4.69, 9.17) is 0 Å². The smallest absolute Gasteiger partial charge is 0.724 e. The first-order chi connectivity index (χ1) is 9.34. The van der Waals surface area contributed by atoms with Crippen LogP contribution in [0.2, 0.25) is 0 Å². The fourth-order valence-corrected chi connectivity index (χ4v) is 3.92. The normalized spacial score (nSPS) is 26.1. The van der Waals surface area contributed by atoms with Gasteiger partial charge in [0, 0.05) is 6.54 Å². The molecule has 122 valence electrons. The Labute approximate surface area is 145 Å². The van der Waals surface area contributed by atoms with Gasteiger partial charge in [-0.05, 0) is 12.8 Å². The third-order valence-electron chi connectivity index (χ3n) is 3.12. The molecule has 2 fully saturated rings. The van der Waals surface area contributed by atoms with Crippen molar-refractivity contribution in [3.63, 3.8) is 0 Å². The molecule has 0 saturated carbocycles. The van der Waals surface area contributed by atoms with Gasteiger partial charge in [-0.1, -0.05) is 0 Å². The molecule has 0 unspecified atom stereocenters. The SMILES string of the molecule is O=C1N2C[C@@H](CC[C@H]2S(=O)(=O)C(F)(F)F)N1OS(=O)(=O)[O-].[Na+]. The number of piperidine rings is 1. The van der Waals surface area contributed by atoms with E-state index < -0.39 is 56.2 Å². The molecule has 0 aromatic heterocycles. The molecule has 0 aromatic rings. The molecule has 0 aliphatic carbocycles. The zero-order chi connectivity index (χ0) is 16.2. The Kier molecular flexibility index (Phi) is 5.50. The monoisotopic (exact) mass is 376 g/mol. The summed E-state index contributed by atoms with van der Waals surface area (Å²) >= 11 is 0. The number of halogens is 3. The van der Waals surface area contributed by atoms with Crippen LogP contribution in [-0.4, -0.2) is 60.9 Å². The largest absolute Gasteiger partial charge is 1.00 e. The number of alkyl halides is 3. The molecule has 2 atom stereocenters. The van der Waals surface area contributed by atoms with Gasteiger partial charge in [-0.2, -0.15) is 22.5 Å². The summed E-state index contributed by atoms with van der Waals surface area (Å²) in [6.45, 7) is -0.478. The van der Waals surface area contributed by atoms with Gasteiger partial charge in [0.1, 0.15) is 5.37 Å². The number of nitrogens with zero attached hydrogens (tertiary/aromatic N) is 2. The first kappa shape index (κ1) is 19.9. The molecule has 2 saturated heterocycles. The average Bonchev–Trinajstić information content (AvgIpc) is 2.51. The van der Waals surface area contributed by atoms with E-state index in [0.717, 1.165) is 0 Å². The van der Waals surface area contributed by atoms with Crippen molar-refractivity contribution in [3.05, 3.63) is 0 Å². The molecule has 9 nitrogen and oxygen atoms in total. The number of sulfone groups is 1. The fourth-order valence-electron chi connectivity index (χ4n) is 2.27. The number of hydroxylamine groups is 2. The predicted molar refractivity (Wildman–Crippen MR) is 56.5 cm³/mol. The van der Waals surface area contributed by atoms with Crippen LogP contribution < -0.4 is 29.6 Å². The van der Waals surface area contributed by atoms with Crippen LogP contribution in [0.1, 0.15) is 12.8 Å². The molecule has 22 heavy (non-hydrogen) atoms. The summed E-state index contributed by atoms with van der Waals surface area (Å²) in [5.74, 6) is 0. The number of fused-ring (bicyclic) bond motifs is 2. The first-order valence-corrected chi connectivity index (χ1v) is 8.28. The molecule has 2 amide bonds. The van der Waals surface area contributed by atoms with Gasteiger partial charge in [0.25, 0.3) is 9.84 Å². The number of carbonyl (C=O) groups is 1. The van der Waals surface area contributed by atoms with E-state index in [-0.39, 0.29) is 41.0 Å². The Morgan fingerprint density at radius 3 is 2.18 bits per heavy atom. The minimum atomic E-state index is -5.64. The van der Waals surface area contributed by atoms with Crippen LogP contribution in [0.25, 0.3) is 0 Å². The van der Waals surface area contributed by atoms with E-state index in [1.54, 1.807) is 0 Å². The summed E-state index contributed by atoms with van der Waals surface area (Å²) in [5, 5.41) is -2.06. The Morgan fingerprint density at radius 1 is 1.18 bits per heavy atom. The summed E-state index contributed by atoms with van der Waals surface area (Å²) < 4.78 is 95.6. The number of rotatable bonds is 3. The minimum absolute atomic E-state index is 0. The van der Waals surface area contributed by atoms with E-state index in [9.17, 15) is 39.4 Å². The van der Waals surface area contributed by atoms with Crippen LogP contribution in [0.5, 0.6) is 0 Å². The molecular weight excluding hydrogens is 368 g/mol. The maximum atomic E-state index is 12.5. The van der Waals surface area contributed by atoms with Crippen LogP contribution >= 0.6 is 0 Å². The Bertz CT molecular complexity index is 664. The summed E-state index contributed by atoms with van der Waals surface area (Å²) in [6, 6.07) is -2.41. The standard InChI is InChI=1S/C7H9F3N2O7S2.Na/c8-7(9,10)20(14,15)5-2-1-4-3-11(5)6(13)12(4)19-21(16,17)18;/h4-5H,1-3H2,(H,16,17,18);/q;+1/p-1/t4-,5-;/m1./s1. The summed E-state index contributed by atoms with van der Waals surface area (Å²) in [7, 11) is -10.9. The number of amides is 2.